The predicted octanol–water partition coefficient (Wildman–Crippen LogP) is 2.95. The first-order valence-electron chi connectivity index (χ1n) is 7.94. The molecule has 1 aromatic rings. The quantitative estimate of drug-likeness (QED) is 0.898. The van der Waals surface area contributed by atoms with Crippen molar-refractivity contribution >= 4 is 29.9 Å². The van der Waals surface area contributed by atoms with Crippen LogP contribution in [0.3, 0.4) is 0 Å². The third-order valence-corrected chi connectivity index (χ3v) is 4.78. The second-order valence-corrected chi connectivity index (χ2v) is 6.80. The van der Waals surface area contributed by atoms with E-state index in [1.54, 1.807) is 0 Å². The van der Waals surface area contributed by atoms with E-state index in [0.29, 0.717) is 6.04 Å². The summed E-state index contributed by atoms with van der Waals surface area (Å²) in [5, 5.41) is 0.758. The number of halogens is 2. The molecular formula is C17H27Cl2N3O. The van der Waals surface area contributed by atoms with Gasteiger partial charge < -0.3 is 10.6 Å². The molecule has 0 aliphatic carbocycles. The Balaban J connectivity index is 0.00000264. The monoisotopic (exact) mass is 359 g/mol. The van der Waals surface area contributed by atoms with Crippen LogP contribution < -0.4 is 5.73 Å². The molecule has 0 spiro atoms. The zero-order valence-electron chi connectivity index (χ0n) is 14.0. The summed E-state index contributed by atoms with van der Waals surface area (Å²) in [6.07, 6.45) is 0. The molecule has 0 radical (unpaired) electrons. The number of benzene rings is 1. The van der Waals surface area contributed by atoms with Gasteiger partial charge in [0.15, 0.2) is 0 Å². The molecule has 0 saturated carbocycles. The van der Waals surface area contributed by atoms with Gasteiger partial charge >= 0.3 is 0 Å². The Labute approximate surface area is 150 Å². The molecule has 6 heteroatoms. The largest absolute Gasteiger partial charge is 0.339 e. The summed E-state index contributed by atoms with van der Waals surface area (Å²) < 4.78 is 0. The molecule has 2 atom stereocenters. The van der Waals surface area contributed by atoms with Crippen LogP contribution in [0.2, 0.25) is 5.02 Å². The lowest BCUT2D eigenvalue weighted by Crippen LogP contribution is -2.54. The highest BCUT2D eigenvalue weighted by molar-refractivity contribution is 6.30. The summed E-state index contributed by atoms with van der Waals surface area (Å²) in [6, 6.07) is 7.93. The van der Waals surface area contributed by atoms with Crippen LogP contribution in [0.1, 0.15) is 32.4 Å². The minimum atomic E-state index is -0.389. The number of carbonyl (C=O) groups excluding carboxylic acids is 1. The Hall–Kier alpha value is -0.810. The number of amides is 1. The maximum absolute atomic E-state index is 12.3. The summed E-state index contributed by atoms with van der Waals surface area (Å²) in [5.74, 6) is 0.257. The average molecular weight is 360 g/mol. The fraction of sp³-hybridized carbons (Fsp3) is 0.588. The zero-order valence-corrected chi connectivity index (χ0v) is 15.6. The number of piperazine rings is 1. The van der Waals surface area contributed by atoms with E-state index in [2.05, 4.69) is 24.0 Å². The average Bonchev–Trinajstić information content (AvgIpc) is 2.53. The second-order valence-electron chi connectivity index (χ2n) is 6.36. The molecule has 1 heterocycles. The summed E-state index contributed by atoms with van der Waals surface area (Å²) in [5.41, 5.74) is 7.23. The van der Waals surface area contributed by atoms with Crippen molar-refractivity contribution in [1.29, 1.82) is 0 Å². The molecule has 0 bridgehead atoms. The molecular weight excluding hydrogens is 333 g/mol. The maximum atomic E-state index is 12.3. The Morgan fingerprint density at radius 2 is 1.61 bits per heavy atom. The van der Waals surface area contributed by atoms with E-state index in [0.717, 1.165) is 31.2 Å². The van der Waals surface area contributed by atoms with Crippen molar-refractivity contribution in [3.05, 3.63) is 34.9 Å². The van der Waals surface area contributed by atoms with Crippen molar-refractivity contribution in [3.63, 3.8) is 0 Å². The number of carbonyl (C=O) groups is 1. The Morgan fingerprint density at radius 3 is 2.09 bits per heavy atom. The highest BCUT2D eigenvalue weighted by Gasteiger charge is 2.28. The van der Waals surface area contributed by atoms with Crippen LogP contribution in [-0.4, -0.2) is 47.9 Å². The smallest absolute Gasteiger partial charge is 0.239 e. The van der Waals surface area contributed by atoms with E-state index >= 15 is 0 Å². The summed E-state index contributed by atoms with van der Waals surface area (Å²) in [6.45, 7) is 9.42. The third kappa shape index (κ3) is 5.08. The van der Waals surface area contributed by atoms with E-state index < -0.39 is 0 Å². The van der Waals surface area contributed by atoms with Gasteiger partial charge in [-0.05, 0) is 30.5 Å². The molecule has 1 fully saturated rings. The van der Waals surface area contributed by atoms with Crippen molar-refractivity contribution in [1.82, 2.24) is 9.80 Å². The van der Waals surface area contributed by atoms with Crippen LogP contribution in [0.15, 0.2) is 24.3 Å². The molecule has 1 amide bonds. The van der Waals surface area contributed by atoms with Gasteiger partial charge in [0.05, 0.1) is 6.04 Å². The number of nitrogens with zero attached hydrogens (tertiary/aromatic N) is 2. The van der Waals surface area contributed by atoms with Crippen LogP contribution in [0.25, 0.3) is 0 Å². The normalized spacial score (nSPS) is 18.4. The van der Waals surface area contributed by atoms with Crippen molar-refractivity contribution < 1.29 is 4.79 Å². The van der Waals surface area contributed by atoms with Gasteiger partial charge in [-0.3, -0.25) is 9.69 Å². The van der Waals surface area contributed by atoms with Crippen molar-refractivity contribution in [2.45, 2.75) is 32.9 Å². The number of nitrogens with two attached hydrogens (primary N) is 1. The van der Waals surface area contributed by atoms with Gasteiger partial charge in [-0.25, -0.2) is 0 Å². The van der Waals surface area contributed by atoms with Gasteiger partial charge in [0.1, 0.15) is 0 Å². The molecule has 1 saturated heterocycles. The number of hydrogen-bond acceptors (Lipinski definition) is 3. The molecule has 2 N–H and O–H groups in total. The first kappa shape index (κ1) is 20.2. The Kier molecular flexibility index (Phi) is 7.81. The molecule has 1 aliphatic rings. The molecule has 4 nitrogen and oxygen atoms in total. The fourth-order valence-electron chi connectivity index (χ4n) is 2.78. The molecule has 0 aromatic heterocycles. The predicted molar refractivity (Wildman–Crippen MR) is 98.1 cm³/mol. The highest BCUT2D eigenvalue weighted by atomic mass is 35.5. The van der Waals surface area contributed by atoms with Gasteiger partial charge in [-0.2, -0.15) is 0 Å². The number of rotatable bonds is 4. The fourth-order valence-corrected chi connectivity index (χ4v) is 2.90. The Bertz CT molecular complexity index is 499. The molecule has 2 rings (SSSR count). The Morgan fingerprint density at radius 1 is 1.09 bits per heavy atom. The molecule has 1 unspecified atom stereocenters. The van der Waals surface area contributed by atoms with Gasteiger partial charge in [0.2, 0.25) is 5.91 Å². The van der Waals surface area contributed by atoms with Crippen molar-refractivity contribution in [2.75, 3.05) is 26.2 Å². The van der Waals surface area contributed by atoms with E-state index in [-0.39, 0.29) is 30.3 Å². The van der Waals surface area contributed by atoms with Crippen molar-refractivity contribution in [2.24, 2.45) is 11.7 Å². The van der Waals surface area contributed by atoms with Crippen LogP contribution in [0.5, 0.6) is 0 Å². The summed E-state index contributed by atoms with van der Waals surface area (Å²) >= 11 is 5.94. The second kappa shape index (κ2) is 8.88. The first-order chi connectivity index (χ1) is 10.4. The topological polar surface area (TPSA) is 49.6 Å². The zero-order chi connectivity index (χ0) is 16.3. The third-order valence-electron chi connectivity index (χ3n) is 4.53. The van der Waals surface area contributed by atoms with Gasteiger partial charge in [0.25, 0.3) is 0 Å². The maximum Gasteiger partial charge on any atom is 0.239 e. The van der Waals surface area contributed by atoms with Crippen molar-refractivity contribution in [3.8, 4) is 0 Å². The first-order valence-corrected chi connectivity index (χ1v) is 8.32. The molecule has 23 heavy (non-hydrogen) atoms. The molecule has 130 valence electrons. The molecule has 1 aromatic carbocycles. The van der Waals surface area contributed by atoms with E-state index in [9.17, 15) is 4.79 Å². The highest BCUT2D eigenvalue weighted by Crippen LogP contribution is 2.23. The summed E-state index contributed by atoms with van der Waals surface area (Å²) in [4.78, 5) is 16.6. The van der Waals surface area contributed by atoms with Gasteiger partial charge in [-0.1, -0.05) is 37.6 Å². The lowest BCUT2D eigenvalue weighted by atomic mass is 10.0. The standard InChI is InChI=1S/C17H26ClN3O.ClH/c1-12(2)16(19)17(22)21-10-8-20(9-11-21)13(3)14-4-6-15(18)7-5-14;/h4-7,12-13,16H,8-11,19H2,1-3H3;1H/t13?,16-;/m0./s1. The van der Waals surface area contributed by atoms with E-state index in [1.807, 2.05) is 30.9 Å². The van der Waals surface area contributed by atoms with Crippen LogP contribution in [0, 0.1) is 5.92 Å². The lowest BCUT2D eigenvalue weighted by Gasteiger charge is -2.39. The van der Waals surface area contributed by atoms with Gasteiger partial charge in [-0.15, -0.1) is 12.4 Å². The summed E-state index contributed by atoms with van der Waals surface area (Å²) in [7, 11) is 0. The lowest BCUT2D eigenvalue weighted by molar-refractivity contribution is -0.135. The van der Waals surface area contributed by atoms with Gasteiger partial charge in [0, 0.05) is 37.2 Å². The molecule has 1 aliphatic heterocycles. The van der Waals surface area contributed by atoms with Crippen LogP contribution in [-0.2, 0) is 4.79 Å². The number of hydrogen-bond donors (Lipinski definition) is 1. The van der Waals surface area contributed by atoms with E-state index in [1.165, 1.54) is 5.56 Å². The SMILES string of the molecule is CC(C)[C@H](N)C(=O)N1CCN(C(C)c2ccc(Cl)cc2)CC1.Cl. The van der Waals surface area contributed by atoms with Crippen LogP contribution in [0.4, 0.5) is 0 Å². The van der Waals surface area contributed by atoms with E-state index in [4.69, 9.17) is 17.3 Å². The minimum Gasteiger partial charge on any atom is -0.339 e. The minimum absolute atomic E-state index is 0. The van der Waals surface area contributed by atoms with Crippen LogP contribution >= 0.6 is 24.0 Å².